The van der Waals surface area contributed by atoms with Crippen LogP contribution in [0.15, 0.2) is 35.6 Å². The zero-order valence-corrected chi connectivity index (χ0v) is 11.2. The third-order valence-electron chi connectivity index (χ3n) is 3.01. The summed E-state index contributed by atoms with van der Waals surface area (Å²) in [4.78, 5) is 4.61. The smallest absolute Gasteiger partial charge is 0.191 e. The minimum atomic E-state index is 0.499. The van der Waals surface area contributed by atoms with Gasteiger partial charge in [0, 0.05) is 32.0 Å². The summed E-state index contributed by atoms with van der Waals surface area (Å²) in [5.41, 5.74) is 1.24. The molecule has 0 aliphatic heterocycles. The van der Waals surface area contributed by atoms with E-state index < -0.39 is 0 Å². The Morgan fingerprint density at radius 3 is 2.83 bits per heavy atom. The van der Waals surface area contributed by atoms with Crippen molar-refractivity contribution in [3.05, 3.63) is 36.2 Å². The molecule has 2 rings (SSSR count). The number of rotatable bonds is 4. The van der Waals surface area contributed by atoms with Gasteiger partial charge in [0.05, 0.1) is 6.54 Å². The number of nitrogens with zero attached hydrogens (tertiary/aromatic N) is 2. The van der Waals surface area contributed by atoms with Gasteiger partial charge in [0.1, 0.15) is 0 Å². The van der Waals surface area contributed by atoms with Crippen molar-refractivity contribution in [2.75, 3.05) is 6.54 Å². The normalized spacial score (nSPS) is 16.2. The SMILES string of the molecule is CCNC(=NCc1ccn(C)c1)NC1CC=CC1. The largest absolute Gasteiger partial charge is 0.357 e. The van der Waals surface area contributed by atoms with E-state index in [9.17, 15) is 0 Å². The average molecular weight is 246 g/mol. The lowest BCUT2D eigenvalue weighted by Gasteiger charge is -2.16. The lowest BCUT2D eigenvalue weighted by atomic mass is 10.2. The Morgan fingerprint density at radius 1 is 1.44 bits per heavy atom. The molecular formula is C14H22N4. The van der Waals surface area contributed by atoms with E-state index in [-0.39, 0.29) is 0 Å². The maximum atomic E-state index is 4.61. The van der Waals surface area contributed by atoms with Gasteiger partial charge in [0.15, 0.2) is 5.96 Å². The van der Waals surface area contributed by atoms with Crippen molar-refractivity contribution in [3.8, 4) is 0 Å². The summed E-state index contributed by atoms with van der Waals surface area (Å²) in [5.74, 6) is 0.912. The molecule has 18 heavy (non-hydrogen) atoms. The topological polar surface area (TPSA) is 41.4 Å². The highest BCUT2D eigenvalue weighted by Crippen LogP contribution is 2.09. The molecular weight excluding hydrogens is 224 g/mol. The van der Waals surface area contributed by atoms with Gasteiger partial charge in [-0.2, -0.15) is 0 Å². The van der Waals surface area contributed by atoms with Crippen molar-refractivity contribution in [3.63, 3.8) is 0 Å². The van der Waals surface area contributed by atoms with E-state index in [1.165, 1.54) is 5.56 Å². The lowest BCUT2D eigenvalue weighted by Crippen LogP contribution is -2.42. The van der Waals surface area contributed by atoms with E-state index in [1.807, 2.05) is 17.8 Å². The van der Waals surface area contributed by atoms with Gasteiger partial charge in [-0.3, -0.25) is 0 Å². The highest BCUT2D eigenvalue weighted by molar-refractivity contribution is 5.80. The van der Waals surface area contributed by atoms with Crippen LogP contribution in [0.3, 0.4) is 0 Å². The molecule has 1 heterocycles. The molecule has 4 heteroatoms. The Bertz CT molecular complexity index is 423. The van der Waals surface area contributed by atoms with E-state index in [4.69, 9.17) is 0 Å². The second kappa shape index (κ2) is 6.28. The maximum absolute atomic E-state index is 4.61. The first-order valence-electron chi connectivity index (χ1n) is 6.58. The van der Waals surface area contributed by atoms with Gasteiger partial charge in [-0.1, -0.05) is 12.2 Å². The van der Waals surface area contributed by atoms with Crippen LogP contribution in [-0.4, -0.2) is 23.1 Å². The van der Waals surface area contributed by atoms with Crippen LogP contribution < -0.4 is 10.6 Å². The Kier molecular flexibility index (Phi) is 4.45. The summed E-state index contributed by atoms with van der Waals surface area (Å²) < 4.78 is 2.05. The predicted molar refractivity (Wildman–Crippen MR) is 75.5 cm³/mol. The van der Waals surface area contributed by atoms with Crippen LogP contribution in [0.1, 0.15) is 25.3 Å². The van der Waals surface area contributed by atoms with Gasteiger partial charge < -0.3 is 15.2 Å². The molecule has 1 aromatic heterocycles. The van der Waals surface area contributed by atoms with Crippen LogP contribution in [0.25, 0.3) is 0 Å². The molecule has 98 valence electrons. The molecule has 1 aromatic rings. The van der Waals surface area contributed by atoms with E-state index in [0.717, 1.165) is 31.9 Å². The first-order valence-corrected chi connectivity index (χ1v) is 6.58. The second-order valence-corrected chi connectivity index (χ2v) is 4.66. The van der Waals surface area contributed by atoms with E-state index in [1.54, 1.807) is 0 Å². The molecule has 0 radical (unpaired) electrons. The fourth-order valence-electron chi connectivity index (χ4n) is 2.07. The van der Waals surface area contributed by atoms with Crippen molar-refractivity contribution in [2.24, 2.45) is 12.0 Å². The zero-order valence-electron chi connectivity index (χ0n) is 11.2. The van der Waals surface area contributed by atoms with Crippen molar-refractivity contribution < 1.29 is 0 Å². The number of hydrogen-bond donors (Lipinski definition) is 2. The molecule has 1 aliphatic rings. The fourth-order valence-corrected chi connectivity index (χ4v) is 2.07. The summed E-state index contributed by atoms with van der Waals surface area (Å²) in [7, 11) is 2.03. The number of aromatic nitrogens is 1. The first kappa shape index (κ1) is 12.7. The van der Waals surface area contributed by atoms with Gasteiger partial charge in [-0.05, 0) is 31.4 Å². The van der Waals surface area contributed by atoms with Gasteiger partial charge in [0.25, 0.3) is 0 Å². The minimum Gasteiger partial charge on any atom is -0.357 e. The summed E-state index contributed by atoms with van der Waals surface area (Å²) in [6.07, 6.45) is 10.8. The summed E-state index contributed by atoms with van der Waals surface area (Å²) in [6, 6.07) is 2.60. The Labute approximate surface area is 109 Å². The van der Waals surface area contributed by atoms with Crippen molar-refractivity contribution in [2.45, 2.75) is 32.4 Å². The molecule has 0 saturated heterocycles. The Morgan fingerprint density at radius 2 is 2.22 bits per heavy atom. The fraction of sp³-hybridized carbons (Fsp3) is 0.500. The summed E-state index contributed by atoms with van der Waals surface area (Å²) in [5, 5.41) is 6.75. The van der Waals surface area contributed by atoms with Crippen molar-refractivity contribution in [1.82, 2.24) is 15.2 Å². The molecule has 0 aromatic carbocycles. The molecule has 0 amide bonds. The molecule has 2 N–H and O–H groups in total. The highest BCUT2D eigenvalue weighted by Gasteiger charge is 2.11. The lowest BCUT2D eigenvalue weighted by molar-refractivity contribution is 0.633. The first-order chi connectivity index (χ1) is 8.78. The minimum absolute atomic E-state index is 0.499. The molecule has 0 bridgehead atoms. The van der Waals surface area contributed by atoms with Crippen LogP contribution in [0.2, 0.25) is 0 Å². The number of aryl methyl sites for hydroxylation is 1. The van der Waals surface area contributed by atoms with Gasteiger partial charge in [-0.15, -0.1) is 0 Å². The van der Waals surface area contributed by atoms with Crippen LogP contribution >= 0.6 is 0 Å². The summed E-state index contributed by atoms with van der Waals surface area (Å²) >= 11 is 0. The van der Waals surface area contributed by atoms with Gasteiger partial charge in [0.2, 0.25) is 0 Å². The summed E-state index contributed by atoms with van der Waals surface area (Å²) in [6.45, 7) is 3.70. The standard InChI is InChI=1S/C14H22N4/c1-3-15-14(17-13-6-4-5-7-13)16-10-12-8-9-18(2)11-12/h4-5,8-9,11,13H,3,6-7,10H2,1-2H3,(H2,15,16,17). The van der Waals surface area contributed by atoms with Crippen LogP contribution in [-0.2, 0) is 13.6 Å². The maximum Gasteiger partial charge on any atom is 0.191 e. The van der Waals surface area contributed by atoms with Crippen LogP contribution in [0.4, 0.5) is 0 Å². The quantitative estimate of drug-likeness (QED) is 0.483. The molecule has 0 spiro atoms. The van der Waals surface area contributed by atoms with Crippen LogP contribution in [0.5, 0.6) is 0 Å². The number of hydrogen-bond acceptors (Lipinski definition) is 1. The monoisotopic (exact) mass is 246 g/mol. The Hall–Kier alpha value is -1.71. The molecule has 0 unspecified atom stereocenters. The predicted octanol–water partition coefficient (Wildman–Crippen LogP) is 1.80. The van der Waals surface area contributed by atoms with Gasteiger partial charge >= 0.3 is 0 Å². The van der Waals surface area contributed by atoms with Crippen molar-refractivity contribution in [1.29, 1.82) is 0 Å². The Balaban J connectivity index is 1.91. The highest BCUT2D eigenvalue weighted by atomic mass is 15.2. The second-order valence-electron chi connectivity index (χ2n) is 4.66. The number of aliphatic imine (C=N–C) groups is 1. The molecule has 0 saturated carbocycles. The van der Waals surface area contributed by atoms with E-state index in [2.05, 4.69) is 47.0 Å². The van der Waals surface area contributed by atoms with E-state index in [0.29, 0.717) is 6.04 Å². The van der Waals surface area contributed by atoms with Crippen LogP contribution in [0, 0.1) is 0 Å². The molecule has 4 nitrogen and oxygen atoms in total. The molecule has 0 fully saturated rings. The molecule has 1 aliphatic carbocycles. The number of nitrogens with one attached hydrogen (secondary N) is 2. The number of guanidine groups is 1. The van der Waals surface area contributed by atoms with Gasteiger partial charge in [-0.25, -0.2) is 4.99 Å². The zero-order chi connectivity index (χ0) is 12.8. The third-order valence-corrected chi connectivity index (χ3v) is 3.01. The van der Waals surface area contributed by atoms with E-state index >= 15 is 0 Å². The molecule has 0 atom stereocenters. The average Bonchev–Trinajstić information content (AvgIpc) is 2.98. The van der Waals surface area contributed by atoms with Crippen molar-refractivity contribution >= 4 is 5.96 Å². The third kappa shape index (κ3) is 3.65.